The first-order valence-corrected chi connectivity index (χ1v) is 11.2. The quantitative estimate of drug-likeness (QED) is 0.673. The maximum Gasteiger partial charge on any atom is 0.407 e. The second-order valence-corrected chi connectivity index (χ2v) is 12.1. The Labute approximate surface area is 140 Å². The molecule has 0 radical (unpaired) electrons. The second kappa shape index (κ2) is 7.56. The zero-order valence-corrected chi connectivity index (χ0v) is 16.2. The van der Waals surface area contributed by atoms with E-state index in [-0.39, 0.29) is 0 Å². The number of carbonyl (C=O) groups excluding carboxylic acids is 1. The summed E-state index contributed by atoms with van der Waals surface area (Å²) in [5.74, 6) is 3.92. The van der Waals surface area contributed by atoms with E-state index in [1.54, 1.807) is 7.11 Å². The van der Waals surface area contributed by atoms with Gasteiger partial charge in [-0.1, -0.05) is 31.6 Å². The van der Waals surface area contributed by atoms with Crippen LogP contribution in [-0.2, 0) is 11.3 Å². The molecule has 0 saturated carbocycles. The summed E-state index contributed by atoms with van der Waals surface area (Å²) in [6, 6.07) is 5.76. The third-order valence-electron chi connectivity index (χ3n) is 2.67. The molecule has 0 aliphatic carbocycles. The number of rotatable bonds is 3. The van der Waals surface area contributed by atoms with Crippen LogP contribution < -0.4 is 10.1 Å². The first-order chi connectivity index (χ1) is 10.5. The molecule has 0 aliphatic heterocycles. The van der Waals surface area contributed by atoms with Crippen LogP contribution in [0, 0.1) is 11.5 Å². The number of benzene rings is 1. The Morgan fingerprint density at radius 1 is 1.26 bits per heavy atom. The van der Waals surface area contributed by atoms with Crippen LogP contribution in [0.4, 0.5) is 4.79 Å². The molecule has 0 saturated heterocycles. The molecule has 0 unspecified atom stereocenters. The molecule has 4 nitrogen and oxygen atoms in total. The van der Waals surface area contributed by atoms with E-state index in [1.807, 2.05) is 39.0 Å². The van der Waals surface area contributed by atoms with E-state index in [4.69, 9.17) is 9.47 Å². The highest BCUT2D eigenvalue weighted by atomic mass is 28.3. The van der Waals surface area contributed by atoms with Crippen molar-refractivity contribution in [1.82, 2.24) is 5.32 Å². The Morgan fingerprint density at radius 2 is 1.91 bits per heavy atom. The van der Waals surface area contributed by atoms with Gasteiger partial charge in [-0.3, -0.25) is 0 Å². The fourth-order valence-corrected chi connectivity index (χ4v) is 2.20. The molecule has 0 atom stereocenters. The molecule has 23 heavy (non-hydrogen) atoms. The minimum Gasteiger partial charge on any atom is -0.495 e. The van der Waals surface area contributed by atoms with Crippen LogP contribution in [0.25, 0.3) is 0 Å². The molecule has 0 aliphatic rings. The molecule has 5 heteroatoms. The topological polar surface area (TPSA) is 47.6 Å². The summed E-state index contributed by atoms with van der Waals surface area (Å²) in [7, 11) is 0.193. The zero-order chi connectivity index (χ0) is 17.7. The lowest BCUT2D eigenvalue weighted by molar-refractivity contribution is 0.0523. The van der Waals surface area contributed by atoms with Crippen LogP contribution >= 0.6 is 0 Å². The van der Waals surface area contributed by atoms with Crippen molar-refractivity contribution < 1.29 is 14.3 Å². The van der Waals surface area contributed by atoms with Gasteiger partial charge in [-0.15, -0.1) is 5.54 Å². The average molecular weight is 334 g/mol. The van der Waals surface area contributed by atoms with Gasteiger partial charge in [0, 0.05) is 6.54 Å². The Balaban J connectivity index is 2.80. The number of ether oxygens (including phenoxy) is 2. The summed E-state index contributed by atoms with van der Waals surface area (Å²) < 4.78 is 10.6. The Bertz CT molecular complexity index is 616. The highest BCUT2D eigenvalue weighted by Gasteiger charge is 2.16. The maximum absolute atomic E-state index is 11.7. The van der Waals surface area contributed by atoms with E-state index in [1.165, 1.54) is 0 Å². The van der Waals surface area contributed by atoms with Gasteiger partial charge in [0.1, 0.15) is 19.4 Å². The van der Waals surface area contributed by atoms with Gasteiger partial charge in [-0.2, -0.15) is 0 Å². The van der Waals surface area contributed by atoms with Crippen LogP contribution in [-0.4, -0.2) is 26.9 Å². The standard InChI is InChI=1S/C18H27NO3Si/c1-18(2,3)22-17(20)19-13-14-8-9-15(16(12-14)21-4)10-11-23(5,6)7/h8-9,12H,13H2,1-7H3,(H,19,20). The first kappa shape index (κ1) is 19.1. The van der Waals surface area contributed by atoms with Crippen molar-refractivity contribution in [1.29, 1.82) is 0 Å². The van der Waals surface area contributed by atoms with E-state index >= 15 is 0 Å². The number of alkyl carbamates (subject to hydrolysis) is 1. The highest BCUT2D eigenvalue weighted by Crippen LogP contribution is 2.19. The molecule has 1 aromatic rings. The lowest BCUT2D eigenvalue weighted by atomic mass is 10.1. The van der Waals surface area contributed by atoms with Crippen molar-refractivity contribution in [2.45, 2.75) is 52.6 Å². The van der Waals surface area contributed by atoms with Crippen molar-refractivity contribution in [3.8, 4) is 17.2 Å². The summed E-state index contributed by atoms with van der Waals surface area (Å²) in [4.78, 5) is 11.7. The van der Waals surface area contributed by atoms with Gasteiger partial charge in [0.2, 0.25) is 0 Å². The van der Waals surface area contributed by atoms with Gasteiger partial charge < -0.3 is 14.8 Å². The average Bonchev–Trinajstić information content (AvgIpc) is 2.40. The monoisotopic (exact) mass is 333 g/mol. The third-order valence-corrected chi connectivity index (χ3v) is 3.55. The number of carbonyl (C=O) groups is 1. The molecule has 1 N–H and O–H groups in total. The molecular formula is C18H27NO3Si. The minimum atomic E-state index is -1.43. The van der Waals surface area contributed by atoms with Crippen molar-refractivity contribution in [3.63, 3.8) is 0 Å². The number of methoxy groups -OCH3 is 1. The van der Waals surface area contributed by atoms with Gasteiger partial charge in [0.05, 0.1) is 12.7 Å². The van der Waals surface area contributed by atoms with Crippen molar-refractivity contribution in [2.24, 2.45) is 0 Å². The first-order valence-electron chi connectivity index (χ1n) is 7.67. The smallest absolute Gasteiger partial charge is 0.407 e. The molecule has 0 bridgehead atoms. The molecule has 1 aromatic carbocycles. The van der Waals surface area contributed by atoms with Gasteiger partial charge in [0.25, 0.3) is 0 Å². The molecule has 1 rings (SSSR count). The maximum atomic E-state index is 11.7. The van der Waals surface area contributed by atoms with Crippen LogP contribution in [0.1, 0.15) is 31.9 Å². The normalized spacial score (nSPS) is 11.3. The third kappa shape index (κ3) is 7.75. The summed E-state index contributed by atoms with van der Waals surface area (Å²) >= 11 is 0. The Hall–Kier alpha value is -1.93. The molecular weight excluding hydrogens is 306 g/mol. The number of hydrogen-bond donors (Lipinski definition) is 1. The van der Waals surface area contributed by atoms with Crippen LogP contribution in [0.5, 0.6) is 5.75 Å². The summed E-state index contributed by atoms with van der Waals surface area (Å²) in [6.45, 7) is 12.5. The van der Waals surface area contributed by atoms with Crippen LogP contribution in [0.15, 0.2) is 18.2 Å². The Kier molecular flexibility index (Phi) is 6.28. The van der Waals surface area contributed by atoms with E-state index < -0.39 is 19.8 Å². The minimum absolute atomic E-state index is 0.382. The van der Waals surface area contributed by atoms with Crippen molar-refractivity contribution in [2.75, 3.05) is 7.11 Å². The van der Waals surface area contributed by atoms with E-state index in [0.29, 0.717) is 6.54 Å². The predicted molar refractivity (Wildman–Crippen MR) is 96.3 cm³/mol. The SMILES string of the molecule is COc1cc(CNC(=O)OC(C)(C)C)ccc1C#C[Si](C)(C)C. The molecule has 0 fully saturated rings. The van der Waals surface area contributed by atoms with Crippen molar-refractivity contribution >= 4 is 14.2 Å². The largest absolute Gasteiger partial charge is 0.495 e. The molecule has 0 spiro atoms. The fraction of sp³-hybridized carbons (Fsp3) is 0.500. The number of amides is 1. The van der Waals surface area contributed by atoms with Gasteiger partial charge in [-0.05, 0) is 38.5 Å². The molecule has 1 amide bonds. The number of nitrogens with one attached hydrogen (secondary N) is 1. The van der Waals surface area contributed by atoms with Gasteiger partial charge in [0.15, 0.2) is 0 Å². The van der Waals surface area contributed by atoms with Crippen molar-refractivity contribution in [3.05, 3.63) is 29.3 Å². The lowest BCUT2D eigenvalue weighted by Gasteiger charge is -2.19. The lowest BCUT2D eigenvalue weighted by Crippen LogP contribution is -2.32. The summed E-state index contributed by atoms with van der Waals surface area (Å²) in [5.41, 5.74) is 4.63. The van der Waals surface area contributed by atoms with E-state index in [2.05, 4.69) is 36.4 Å². The predicted octanol–water partition coefficient (Wildman–Crippen LogP) is 3.95. The fourth-order valence-electron chi connectivity index (χ4n) is 1.69. The molecule has 0 aromatic heterocycles. The van der Waals surface area contributed by atoms with Gasteiger partial charge in [-0.25, -0.2) is 4.79 Å². The summed E-state index contributed by atoms with van der Waals surface area (Å²) in [5, 5.41) is 2.74. The second-order valence-electron chi connectivity index (χ2n) is 7.39. The van der Waals surface area contributed by atoms with E-state index in [9.17, 15) is 4.79 Å². The van der Waals surface area contributed by atoms with Crippen LogP contribution in [0.2, 0.25) is 19.6 Å². The van der Waals surface area contributed by atoms with E-state index in [0.717, 1.165) is 16.9 Å². The summed E-state index contributed by atoms with van der Waals surface area (Å²) in [6.07, 6.45) is -0.431. The highest BCUT2D eigenvalue weighted by molar-refractivity contribution is 6.83. The van der Waals surface area contributed by atoms with Crippen LogP contribution in [0.3, 0.4) is 0 Å². The Morgan fingerprint density at radius 3 is 2.43 bits per heavy atom. The number of hydrogen-bond acceptors (Lipinski definition) is 3. The van der Waals surface area contributed by atoms with Gasteiger partial charge >= 0.3 is 6.09 Å². The molecule has 0 heterocycles. The molecule has 126 valence electrons. The zero-order valence-electron chi connectivity index (χ0n) is 15.2.